The number of hydrogen-bond acceptors (Lipinski definition) is 4. The van der Waals surface area contributed by atoms with Crippen molar-refractivity contribution < 1.29 is 14.3 Å². The van der Waals surface area contributed by atoms with Crippen molar-refractivity contribution in [3.05, 3.63) is 47.8 Å². The maximum Gasteiger partial charge on any atom is 0.255 e. The average Bonchev–Trinajstić information content (AvgIpc) is 2.49. The number of amides is 1. The van der Waals surface area contributed by atoms with E-state index in [-0.39, 0.29) is 5.91 Å². The second-order valence-corrected chi connectivity index (χ2v) is 4.21. The Hall–Kier alpha value is -2.56. The Morgan fingerprint density at radius 2 is 1.70 bits per heavy atom. The number of anilines is 1. The first-order chi connectivity index (χ1) is 9.65. The number of carbonyl (C=O) groups is 1. The number of rotatable bonds is 4. The van der Waals surface area contributed by atoms with Gasteiger partial charge in [0.25, 0.3) is 5.91 Å². The van der Waals surface area contributed by atoms with Gasteiger partial charge in [-0.05, 0) is 30.7 Å². The molecule has 1 N–H and O–H groups in total. The molecule has 1 heterocycles. The predicted molar refractivity (Wildman–Crippen MR) is 76.5 cm³/mol. The van der Waals surface area contributed by atoms with E-state index >= 15 is 0 Å². The molecule has 0 aliphatic carbocycles. The Labute approximate surface area is 117 Å². The number of nitrogens with one attached hydrogen (secondary N) is 1. The normalized spacial score (nSPS) is 9.95. The SMILES string of the molecule is COc1cc(C)c(NC(=O)c2ccncc2)cc1OC. The zero-order valence-corrected chi connectivity index (χ0v) is 11.6. The molecule has 5 nitrogen and oxygen atoms in total. The van der Waals surface area contributed by atoms with Crippen LogP contribution in [0.2, 0.25) is 0 Å². The smallest absolute Gasteiger partial charge is 0.255 e. The summed E-state index contributed by atoms with van der Waals surface area (Å²) in [6, 6.07) is 6.88. The summed E-state index contributed by atoms with van der Waals surface area (Å²) in [6.07, 6.45) is 3.16. The van der Waals surface area contributed by atoms with Gasteiger partial charge in [0.05, 0.1) is 14.2 Å². The number of aromatic nitrogens is 1. The van der Waals surface area contributed by atoms with Crippen molar-refractivity contribution in [2.24, 2.45) is 0 Å². The highest BCUT2D eigenvalue weighted by Crippen LogP contribution is 2.33. The van der Waals surface area contributed by atoms with Gasteiger partial charge < -0.3 is 14.8 Å². The molecular weight excluding hydrogens is 256 g/mol. The Bertz CT molecular complexity index is 612. The predicted octanol–water partition coefficient (Wildman–Crippen LogP) is 2.66. The van der Waals surface area contributed by atoms with Gasteiger partial charge in [-0.2, -0.15) is 0 Å². The summed E-state index contributed by atoms with van der Waals surface area (Å²) < 4.78 is 10.4. The summed E-state index contributed by atoms with van der Waals surface area (Å²) in [6.45, 7) is 1.89. The van der Waals surface area contributed by atoms with Crippen molar-refractivity contribution in [3.8, 4) is 11.5 Å². The molecule has 5 heteroatoms. The first-order valence-corrected chi connectivity index (χ1v) is 6.09. The van der Waals surface area contributed by atoms with E-state index in [1.807, 2.05) is 13.0 Å². The molecule has 0 saturated carbocycles. The second-order valence-electron chi connectivity index (χ2n) is 4.21. The summed E-state index contributed by atoms with van der Waals surface area (Å²) in [5, 5.41) is 2.85. The molecule has 1 aromatic carbocycles. The fourth-order valence-electron chi connectivity index (χ4n) is 1.81. The zero-order chi connectivity index (χ0) is 14.5. The molecule has 104 valence electrons. The van der Waals surface area contributed by atoms with Crippen LogP contribution in [0.4, 0.5) is 5.69 Å². The average molecular weight is 272 g/mol. The van der Waals surface area contributed by atoms with E-state index in [2.05, 4.69) is 10.3 Å². The van der Waals surface area contributed by atoms with E-state index in [1.54, 1.807) is 44.8 Å². The van der Waals surface area contributed by atoms with Crippen LogP contribution >= 0.6 is 0 Å². The fourth-order valence-corrected chi connectivity index (χ4v) is 1.81. The van der Waals surface area contributed by atoms with Crippen molar-refractivity contribution in [1.82, 2.24) is 4.98 Å². The van der Waals surface area contributed by atoms with Crippen LogP contribution < -0.4 is 14.8 Å². The standard InChI is InChI=1S/C15H16N2O3/c1-10-8-13(19-2)14(20-3)9-12(10)17-15(18)11-4-6-16-7-5-11/h4-9H,1-3H3,(H,17,18). The third-order valence-electron chi connectivity index (χ3n) is 2.92. The molecule has 0 unspecified atom stereocenters. The summed E-state index contributed by atoms with van der Waals surface area (Å²) in [5.74, 6) is 1.01. The Morgan fingerprint density at radius 1 is 1.10 bits per heavy atom. The number of hydrogen-bond donors (Lipinski definition) is 1. The van der Waals surface area contributed by atoms with Crippen molar-refractivity contribution in [2.45, 2.75) is 6.92 Å². The van der Waals surface area contributed by atoms with E-state index in [0.717, 1.165) is 5.56 Å². The molecule has 1 aromatic heterocycles. The number of nitrogens with zero attached hydrogens (tertiary/aromatic N) is 1. The minimum atomic E-state index is -0.192. The van der Waals surface area contributed by atoms with Crippen LogP contribution in [0.15, 0.2) is 36.7 Å². The van der Waals surface area contributed by atoms with Gasteiger partial charge in [0.1, 0.15) is 0 Å². The quantitative estimate of drug-likeness (QED) is 0.929. The van der Waals surface area contributed by atoms with Crippen LogP contribution in [0, 0.1) is 6.92 Å². The van der Waals surface area contributed by atoms with Gasteiger partial charge >= 0.3 is 0 Å². The molecule has 2 rings (SSSR count). The second kappa shape index (κ2) is 6.06. The van der Waals surface area contributed by atoms with Gasteiger partial charge in [-0.25, -0.2) is 0 Å². The van der Waals surface area contributed by atoms with Crippen molar-refractivity contribution in [1.29, 1.82) is 0 Å². The highest BCUT2D eigenvalue weighted by Gasteiger charge is 2.12. The van der Waals surface area contributed by atoms with E-state index in [4.69, 9.17) is 9.47 Å². The Kier molecular flexibility index (Phi) is 4.20. The molecule has 0 spiro atoms. The number of methoxy groups -OCH3 is 2. The van der Waals surface area contributed by atoms with E-state index in [1.165, 1.54) is 0 Å². The van der Waals surface area contributed by atoms with Gasteiger partial charge in [-0.3, -0.25) is 9.78 Å². The molecule has 0 radical (unpaired) electrons. The molecule has 0 aliphatic heterocycles. The molecule has 0 aliphatic rings. The van der Waals surface area contributed by atoms with Crippen LogP contribution in [0.5, 0.6) is 11.5 Å². The Morgan fingerprint density at radius 3 is 2.30 bits per heavy atom. The van der Waals surface area contributed by atoms with Gasteiger partial charge in [0.2, 0.25) is 0 Å². The number of ether oxygens (including phenoxy) is 2. The lowest BCUT2D eigenvalue weighted by Crippen LogP contribution is -2.13. The number of pyridine rings is 1. The number of benzene rings is 1. The van der Waals surface area contributed by atoms with Crippen LogP contribution in [0.3, 0.4) is 0 Å². The Balaban J connectivity index is 2.28. The minimum Gasteiger partial charge on any atom is -0.493 e. The van der Waals surface area contributed by atoms with Gasteiger partial charge in [0.15, 0.2) is 11.5 Å². The molecule has 20 heavy (non-hydrogen) atoms. The van der Waals surface area contributed by atoms with E-state index in [0.29, 0.717) is 22.7 Å². The molecule has 0 fully saturated rings. The molecule has 2 aromatic rings. The molecule has 1 amide bonds. The third kappa shape index (κ3) is 2.88. The van der Waals surface area contributed by atoms with Crippen LogP contribution in [-0.2, 0) is 0 Å². The lowest BCUT2D eigenvalue weighted by molar-refractivity contribution is 0.102. The van der Waals surface area contributed by atoms with Gasteiger partial charge in [0, 0.05) is 29.7 Å². The van der Waals surface area contributed by atoms with Gasteiger partial charge in [-0.15, -0.1) is 0 Å². The van der Waals surface area contributed by atoms with Crippen molar-refractivity contribution in [3.63, 3.8) is 0 Å². The zero-order valence-electron chi connectivity index (χ0n) is 11.6. The van der Waals surface area contributed by atoms with E-state index < -0.39 is 0 Å². The molecule has 0 atom stereocenters. The highest BCUT2D eigenvalue weighted by atomic mass is 16.5. The largest absolute Gasteiger partial charge is 0.493 e. The summed E-state index contributed by atoms with van der Waals surface area (Å²) >= 11 is 0. The van der Waals surface area contributed by atoms with Crippen LogP contribution in [0.1, 0.15) is 15.9 Å². The summed E-state index contributed by atoms with van der Waals surface area (Å²) in [7, 11) is 3.13. The maximum atomic E-state index is 12.1. The lowest BCUT2D eigenvalue weighted by atomic mass is 10.1. The number of carbonyl (C=O) groups excluding carboxylic acids is 1. The first kappa shape index (κ1) is 13.9. The highest BCUT2D eigenvalue weighted by molar-refractivity contribution is 6.04. The summed E-state index contributed by atoms with van der Waals surface area (Å²) in [5.41, 5.74) is 2.13. The fraction of sp³-hybridized carbons (Fsp3) is 0.200. The van der Waals surface area contributed by atoms with Crippen LogP contribution in [-0.4, -0.2) is 25.1 Å². The third-order valence-corrected chi connectivity index (χ3v) is 2.92. The monoisotopic (exact) mass is 272 g/mol. The first-order valence-electron chi connectivity index (χ1n) is 6.09. The van der Waals surface area contributed by atoms with Gasteiger partial charge in [-0.1, -0.05) is 0 Å². The lowest BCUT2D eigenvalue weighted by Gasteiger charge is -2.13. The topological polar surface area (TPSA) is 60.5 Å². The summed E-state index contributed by atoms with van der Waals surface area (Å²) in [4.78, 5) is 16.0. The maximum absolute atomic E-state index is 12.1. The van der Waals surface area contributed by atoms with Crippen molar-refractivity contribution >= 4 is 11.6 Å². The molecule has 0 saturated heterocycles. The number of aryl methyl sites for hydroxylation is 1. The minimum absolute atomic E-state index is 0.192. The molecule has 0 bridgehead atoms. The van der Waals surface area contributed by atoms with Crippen LogP contribution in [0.25, 0.3) is 0 Å². The van der Waals surface area contributed by atoms with Crippen molar-refractivity contribution in [2.75, 3.05) is 19.5 Å². The van der Waals surface area contributed by atoms with E-state index in [9.17, 15) is 4.79 Å². The molecular formula is C15H16N2O3.